The summed E-state index contributed by atoms with van der Waals surface area (Å²) in [6.07, 6.45) is 5.51. The number of hydrogen-bond donors (Lipinski definition) is 4. The van der Waals surface area contributed by atoms with Crippen LogP contribution in [0.15, 0.2) is 48.5 Å². The van der Waals surface area contributed by atoms with Gasteiger partial charge in [-0.2, -0.15) is 0 Å². The lowest BCUT2D eigenvalue weighted by Crippen LogP contribution is -2.18. The van der Waals surface area contributed by atoms with Gasteiger partial charge in [-0.1, -0.05) is 173 Å². The molecule has 0 aliphatic heterocycles. The second-order valence-corrected chi connectivity index (χ2v) is 26.1. The van der Waals surface area contributed by atoms with Crippen molar-refractivity contribution in [1.29, 1.82) is 0 Å². The molecule has 0 aliphatic carbocycles. The number of hydrogen-bond acceptors (Lipinski definition) is 8. The Bertz CT molecular complexity index is 2220. The number of aromatic hydroxyl groups is 4. The van der Waals surface area contributed by atoms with Gasteiger partial charge in [-0.25, -0.2) is 0 Å². The van der Waals surface area contributed by atoms with Crippen molar-refractivity contribution in [2.45, 2.75) is 221 Å². The molecule has 4 N–H and O–H groups in total. The van der Waals surface area contributed by atoms with E-state index in [9.17, 15) is 30.0 Å². The Morgan fingerprint density at radius 3 is 0.857 bits per heavy atom. The molecule has 0 heterocycles. The molecule has 0 aromatic heterocycles. The molecule has 386 valence electrons. The lowest BCUT2D eigenvalue weighted by Gasteiger charge is -2.28. The average Bonchev–Trinajstić information content (AvgIpc) is 3.20. The van der Waals surface area contributed by atoms with Gasteiger partial charge in [0, 0.05) is 25.7 Å². The van der Waals surface area contributed by atoms with Gasteiger partial charge in [-0.15, -0.1) is 0 Å². The highest BCUT2D eigenvalue weighted by Gasteiger charge is 2.30. The van der Waals surface area contributed by atoms with Gasteiger partial charge in [0.15, 0.2) is 0 Å². The number of unbranched alkanes of at least 4 members (excludes halogenated alkanes) is 3. The van der Waals surface area contributed by atoms with Gasteiger partial charge in [-0.3, -0.25) is 9.59 Å². The summed E-state index contributed by atoms with van der Waals surface area (Å²) in [5, 5.41) is 45.7. The lowest BCUT2D eigenvalue weighted by atomic mass is 9.77. The van der Waals surface area contributed by atoms with Crippen molar-refractivity contribution in [1.82, 2.24) is 0 Å². The molecule has 0 saturated heterocycles. The minimum absolute atomic E-state index is 0.225. The second-order valence-electron chi connectivity index (χ2n) is 26.1. The van der Waals surface area contributed by atoms with Crippen molar-refractivity contribution in [3.8, 4) is 23.0 Å². The maximum absolute atomic E-state index is 12.9. The van der Waals surface area contributed by atoms with Crippen molar-refractivity contribution in [3.63, 3.8) is 0 Å². The first kappa shape index (κ1) is 57.6. The molecule has 0 unspecified atom stereocenters. The predicted octanol–water partition coefficient (Wildman–Crippen LogP) is 14.7. The molecule has 0 saturated carbocycles. The summed E-state index contributed by atoms with van der Waals surface area (Å²) in [5.74, 6) is 0.667. The normalized spacial score (nSPS) is 12.9. The van der Waals surface area contributed by atoms with E-state index in [0.29, 0.717) is 50.4 Å². The van der Waals surface area contributed by atoms with Gasteiger partial charge in [0.2, 0.25) is 0 Å². The topological polar surface area (TPSA) is 134 Å². The zero-order valence-electron chi connectivity index (χ0n) is 46.5. The van der Waals surface area contributed by atoms with Crippen LogP contribution < -0.4 is 0 Å². The lowest BCUT2D eigenvalue weighted by molar-refractivity contribution is -0.145. The Morgan fingerprint density at radius 1 is 0.357 bits per heavy atom. The van der Waals surface area contributed by atoms with E-state index in [-0.39, 0.29) is 68.8 Å². The van der Waals surface area contributed by atoms with Crippen LogP contribution in [0, 0.1) is 0 Å². The minimum Gasteiger partial charge on any atom is -0.507 e. The standard InChI is InChI=1S/C62H90O8/c1-57(2,3)45-33-39(29-43(53(45)65)31-41-35-47(59(7,8)9)55(67)48(36-41)60(10,11)12)23-25-51(63)69-27-21-19-20-22-28-70-52(64)26-24-40-30-44(54(66)46(34-40)58(4,5)6)32-42-37-49(61(13,14)15)56(68)50(38-42)62(16,17)18/h29-30,33-38,65-68H,19-28,31-32H2,1-18H3. The van der Waals surface area contributed by atoms with Gasteiger partial charge in [0.05, 0.1) is 13.2 Å². The van der Waals surface area contributed by atoms with E-state index in [2.05, 4.69) is 149 Å². The fraction of sp³-hybridized carbons (Fsp3) is 0.581. The highest BCUT2D eigenvalue weighted by molar-refractivity contribution is 5.70. The fourth-order valence-electron chi connectivity index (χ4n) is 9.11. The van der Waals surface area contributed by atoms with Gasteiger partial charge >= 0.3 is 11.9 Å². The Morgan fingerprint density at radius 2 is 0.600 bits per heavy atom. The molecule has 8 nitrogen and oxygen atoms in total. The zero-order chi connectivity index (χ0) is 52.9. The number of benzene rings is 4. The minimum atomic E-state index is -0.323. The van der Waals surface area contributed by atoms with Gasteiger partial charge in [-0.05, 0) is 138 Å². The molecular formula is C62H90O8. The number of esters is 2. The van der Waals surface area contributed by atoms with Gasteiger partial charge in [0.1, 0.15) is 23.0 Å². The summed E-state index contributed by atoms with van der Waals surface area (Å²) in [4.78, 5) is 25.8. The van der Waals surface area contributed by atoms with E-state index < -0.39 is 0 Å². The number of phenolic OH excluding ortho intramolecular Hbond substituents is 4. The van der Waals surface area contributed by atoms with Gasteiger partial charge in [0.25, 0.3) is 0 Å². The molecule has 8 heteroatoms. The van der Waals surface area contributed by atoms with Gasteiger partial charge < -0.3 is 29.9 Å². The summed E-state index contributed by atoms with van der Waals surface area (Å²) >= 11 is 0. The molecule has 4 rings (SSSR count). The van der Waals surface area contributed by atoms with E-state index in [1.807, 2.05) is 24.3 Å². The molecule has 70 heavy (non-hydrogen) atoms. The Kier molecular flexibility index (Phi) is 18.3. The summed E-state index contributed by atoms with van der Waals surface area (Å²) in [7, 11) is 0. The molecule has 0 bridgehead atoms. The van der Waals surface area contributed by atoms with Crippen LogP contribution in [0.1, 0.15) is 230 Å². The van der Waals surface area contributed by atoms with E-state index in [4.69, 9.17) is 9.47 Å². The van der Waals surface area contributed by atoms with E-state index in [1.54, 1.807) is 0 Å². The molecule has 0 radical (unpaired) electrons. The number of ether oxygens (including phenoxy) is 2. The molecule has 0 aliphatic rings. The van der Waals surface area contributed by atoms with Crippen LogP contribution in [-0.4, -0.2) is 45.6 Å². The molecule has 4 aromatic carbocycles. The largest absolute Gasteiger partial charge is 0.507 e. The maximum Gasteiger partial charge on any atom is 0.306 e. The molecule has 0 atom stereocenters. The number of rotatable bonds is 17. The van der Waals surface area contributed by atoms with Crippen LogP contribution in [0.3, 0.4) is 0 Å². The second kappa shape index (κ2) is 22.2. The van der Waals surface area contributed by atoms with Crippen LogP contribution in [0.5, 0.6) is 23.0 Å². The highest BCUT2D eigenvalue weighted by atomic mass is 16.5. The third kappa shape index (κ3) is 15.8. The first-order chi connectivity index (χ1) is 32.0. The third-order valence-corrected chi connectivity index (χ3v) is 13.3. The summed E-state index contributed by atoms with van der Waals surface area (Å²) in [5.41, 5.74) is 8.98. The van der Waals surface area contributed by atoms with Crippen LogP contribution in [0.4, 0.5) is 0 Å². The number of carbonyl (C=O) groups is 2. The first-order valence-electron chi connectivity index (χ1n) is 25.7. The average molecular weight is 963 g/mol. The van der Waals surface area contributed by atoms with Crippen molar-refractivity contribution >= 4 is 11.9 Å². The predicted molar refractivity (Wildman–Crippen MR) is 287 cm³/mol. The van der Waals surface area contributed by atoms with Crippen molar-refractivity contribution in [2.24, 2.45) is 0 Å². The molecular weight excluding hydrogens is 873 g/mol. The van der Waals surface area contributed by atoms with Crippen LogP contribution in [-0.2, 0) is 77.2 Å². The molecule has 4 aromatic rings. The SMILES string of the molecule is CC(C)(C)c1cc(CCC(=O)OCCCCCCOC(=O)CCc2cc(Cc3cc(C(C)(C)C)c(O)c(C(C)(C)C)c3)c(O)c(C(C)(C)C)c2)cc(Cc2cc(C(C)(C)C)c(O)c(C(C)(C)C)c2)c1O. The number of aryl methyl sites for hydroxylation is 2. The van der Waals surface area contributed by atoms with E-state index in [1.165, 1.54) is 0 Å². The van der Waals surface area contributed by atoms with E-state index >= 15 is 0 Å². The quantitative estimate of drug-likeness (QED) is 0.0607. The van der Waals surface area contributed by atoms with E-state index in [0.717, 1.165) is 92.4 Å². The molecule has 0 amide bonds. The highest BCUT2D eigenvalue weighted by Crippen LogP contribution is 2.44. The zero-order valence-corrected chi connectivity index (χ0v) is 46.5. The summed E-state index contributed by atoms with van der Waals surface area (Å²) in [6, 6.07) is 16.2. The summed E-state index contributed by atoms with van der Waals surface area (Å²) in [6.45, 7) is 38.3. The third-order valence-electron chi connectivity index (χ3n) is 13.3. The first-order valence-corrected chi connectivity index (χ1v) is 25.7. The monoisotopic (exact) mass is 963 g/mol. The Hall–Kier alpha value is -4.98. The smallest absolute Gasteiger partial charge is 0.306 e. The van der Waals surface area contributed by atoms with Crippen LogP contribution >= 0.6 is 0 Å². The summed E-state index contributed by atoms with van der Waals surface area (Å²) < 4.78 is 11.3. The molecule has 0 spiro atoms. The molecule has 0 fully saturated rings. The number of phenols is 4. The van der Waals surface area contributed by atoms with Crippen LogP contribution in [0.25, 0.3) is 0 Å². The Balaban J connectivity index is 1.28. The van der Waals surface area contributed by atoms with Crippen molar-refractivity contribution in [2.75, 3.05) is 13.2 Å². The van der Waals surface area contributed by atoms with Crippen molar-refractivity contribution < 1.29 is 39.5 Å². The Labute approximate surface area is 422 Å². The fourth-order valence-corrected chi connectivity index (χ4v) is 9.11. The number of carbonyl (C=O) groups excluding carboxylic acids is 2. The van der Waals surface area contributed by atoms with Crippen LogP contribution in [0.2, 0.25) is 0 Å². The maximum atomic E-state index is 12.9. The van der Waals surface area contributed by atoms with Crippen molar-refractivity contribution in [3.05, 3.63) is 115 Å².